The van der Waals surface area contributed by atoms with E-state index in [1.165, 1.54) is 0 Å². The highest BCUT2D eigenvalue weighted by molar-refractivity contribution is 5.88. The van der Waals surface area contributed by atoms with E-state index in [4.69, 9.17) is 0 Å². The molecule has 1 aliphatic heterocycles. The lowest BCUT2D eigenvalue weighted by atomic mass is 10.1. The molecule has 1 atom stereocenters. The average molecular weight is 341 g/mol. The molecule has 0 spiro atoms. The Kier molecular flexibility index (Phi) is 5.02. The van der Waals surface area contributed by atoms with Crippen LogP contribution in [-0.4, -0.2) is 45.8 Å². The fourth-order valence-corrected chi connectivity index (χ4v) is 3.01. The summed E-state index contributed by atoms with van der Waals surface area (Å²) in [5, 5.41) is 10.0. The Morgan fingerprint density at radius 3 is 3.04 bits per heavy atom. The van der Waals surface area contributed by atoms with E-state index in [1.807, 2.05) is 44.3 Å². The van der Waals surface area contributed by atoms with Crippen LogP contribution in [0.15, 0.2) is 36.7 Å². The topological polar surface area (TPSA) is 79.3 Å². The van der Waals surface area contributed by atoms with Gasteiger partial charge in [-0.2, -0.15) is 5.10 Å². The molecule has 7 heteroatoms. The molecule has 2 heterocycles. The maximum atomic E-state index is 12.4. The summed E-state index contributed by atoms with van der Waals surface area (Å²) in [7, 11) is 0. The van der Waals surface area contributed by atoms with Gasteiger partial charge in [-0.25, -0.2) is 9.48 Å². The third-order valence-electron chi connectivity index (χ3n) is 4.32. The van der Waals surface area contributed by atoms with Crippen LogP contribution in [0, 0.1) is 6.92 Å². The maximum absolute atomic E-state index is 12.4. The number of piperazine rings is 1. The van der Waals surface area contributed by atoms with Crippen molar-refractivity contribution in [3.63, 3.8) is 0 Å². The van der Waals surface area contributed by atoms with E-state index < -0.39 is 6.04 Å². The van der Waals surface area contributed by atoms with E-state index >= 15 is 0 Å². The zero-order chi connectivity index (χ0) is 17.8. The van der Waals surface area contributed by atoms with Crippen LogP contribution >= 0.6 is 0 Å². The Morgan fingerprint density at radius 1 is 1.44 bits per heavy atom. The molecule has 132 valence electrons. The summed E-state index contributed by atoms with van der Waals surface area (Å²) in [4.78, 5) is 25.9. The third-order valence-corrected chi connectivity index (χ3v) is 4.32. The van der Waals surface area contributed by atoms with Gasteiger partial charge in [0.1, 0.15) is 6.04 Å². The number of rotatable bonds is 4. The monoisotopic (exact) mass is 341 g/mol. The summed E-state index contributed by atoms with van der Waals surface area (Å²) in [6, 6.07) is 7.44. The minimum atomic E-state index is -0.399. The molecular weight excluding hydrogens is 318 g/mol. The van der Waals surface area contributed by atoms with Crippen molar-refractivity contribution >= 4 is 11.9 Å². The van der Waals surface area contributed by atoms with E-state index in [-0.39, 0.29) is 11.9 Å². The summed E-state index contributed by atoms with van der Waals surface area (Å²) in [6.45, 7) is 5.33. The number of hydrogen-bond donors (Lipinski definition) is 2. The van der Waals surface area contributed by atoms with Crippen molar-refractivity contribution in [2.24, 2.45) is 0 Å². The van der Waals surface area contributed by atoms with Crippen LogP contribution in [-0.2, 0) is 11.3 Å². The minimum absolute atomic E-state index is 0.0869. The Labute approximate surface area is 147 Å². The molecule has 1 saturated heterocycles. The molecule has 3 rings (SSSR count). The average Bonchev–Trinajstić information content (AvgIpc) is 3.08. The fourth-order valence-electron chi connectivity index (χ4n) is 3.01. The zero-order valence-corrected chi connectivity index (χ0v) is 14.5. The van der Waals surface area contributed by atoms with Gasteiger partial charge in [0.15, 0.2) is 0 Å². The van der Waals surface area contributed by atoms with Crippen molar-refractivity contribution in [1.82, 2.24) is 25.3 Å². The van der Waals surface area contributed by atoms with Gasteiger partial charge in [0.05, 0.1) is 11.9 Å². The molecule has 0 unspecified atom stereocenters. The zero-order valence-electron chi connectivity index (χ0n) is 14.5. The van der Waals surface area contributed by atoms with Crippen molar-refractivity contribution in [1.29, 1.82) is 0 Å². The predicted octanol–water partition coefficient (Wildman–Crippen LogP) is 1.60. The van der Waals surface area contributed by atoms with Crippen LogP contribution in [0.1, 0.15) is 24.5 Å². The number of benzene rings is 1. The van der Waals surface area contributed by atoms with Gasteiger partial charge in [0, 0.05) is 31.4 Å². The molecule has 7 nitrogen and oxygen atoms in total. The first kappa shape index (κ1) is 17.0. The number of amides is 3. The molecule has 2 N–H and O–H groups in total. The second kappa shape index (κ2) is 7.38. The highest BCUT2D eigenvalue weighted by Gasteiger charge is 2.31. The molecule has 1 fully saturated rings. The number of nitrogens with one attached hydrogen (secondary N) is 2. The summed E-state index contributed by atoms with van der Waals surface area (Å²) in [5.74, 6) is -0.0869. The number of hydrogen-bond acceptors (Lipinski definition) is 3. The second-order valence-electron chi connectivity index (χ2n) is 6.20. The Balaban J connectivity index is 1.62. The van der Waals surface area contributed by atoms with Gasteiger partial charge in [-0.1, -0.05) is 19.1 Å². The minimum Gasteiger partial charge on any atom is -0.353 e. The number of nitrogens with zero attached hydrogens (tertiary/aromatic N) is 3. The van der Waals surface area contributed by atoms with Crippen molar-refractivity contribution in [2.45, 2.75) is 32.9 Å². The predicted molar refractivity (Wildman–Crippen MR) is 94.3 cm³/mol. The van der Waals surface area contributed by atoms with E-state index in [2.05, 4.69) is 15.7 Å². The molecular formula is C18H23N5O2. The molecule has 0 radical (unpaired) electrons. The fraction of sp³-hybridized carbons (Fsp3) is 0.389. The van der Waals surface area contributed by atoms with Crippen LogP contribution in [0.5, 0.6) is 0 Å². The summed E-state index contributed by atoms with van der Waals surface area (Å²) in [5.41, 5.74) is 3.05. The second-order valence-corrected chi connectivity index (χ2v) is 6.20. The first-order valence-corrected chi connectivity index (χ1v) is 8.51. The van der Waals surface area contributed by atoms with E-state index in [0.717, 1.165) is 16.8 Å². The largest absolute Gasteiger partial charge is 0.353 e. The maximum Gasteiger partial charge on any atom is 0.318 e. The van der Waals surface area contributed by atoms with E-state index in [0.29, 0.717) is 26.1 Å². The van der Waals surface area contributed by atoms with Gasteiger partial charge < -0.3 is 15.5 Å². The highest BCUT2D eigenvalue weighted by atomic mass is 16.2. The van der Waals surface area contributed by atoms with Gasteiger partial charge >= 0.3 is 6.03 Å². The van der Waals surface area contributed by atoms with Crippen molar-refractivity contribution in [3.05, 3.63) is 47.8 Å². The summed E-state index contributed by atoms with van der Waals surface area (Å²) >= 11 is 0. The normalized spacial score (nSPS) is 17.3. The van der Waals surface area contributed by atoms with Crippen LogP contribution in [0.4, 0.5) is 4.79 Å². The smallest absolute Gasteiger partial charge is 0.318 e. The summed E-state index contributed by atoms with van der Waals surface area (Å²) in [6.07, 6.45) is 4.24. The number of aryl methyl sites for hydroxylation is 1. The van der Waals surface area contributed by atoms with Gasteiger partial charge in [0.25, 0.3) is 0 Å². The number of carbonyl (C=O) groups excluding carboxylic acids is 2. The van der Waals surface area contributed by atoms with E-state index in [1.54, 1.807) is 15.8 Å². The number of aromatic nitrogens is 2. The van der Waals surface area contributed by atoms with Crippen LogP contribution in [0.3, 0.4) is 0 Å². The van der Waals surface area contributed by atoms with Gasteiger partial charge in [-0.05, 0) is 31.0 Å². The van der Waals surface area contributed by atoms with Crippen molar-refractivity contribution < 1.29 is 9.59 Å². The number of urea groups is 1. The molecule has 0 aliphatic carbocycles. The first-order valence-electron chi connectivity index (χ1n) is 8.51. The third kappa shape index (κ3) is 3.81. The molecule has 0 bridgehead atoms. The summed E-state index contributed by atoms with van der Waals surface area (Å²) < 4.78 is 1.79. The van der Waals surface area contributed by atoms with Gasteiger partial charge in [-0.3, -0.25) is 4.79 Å². The van der Waals surface area contributed by atoms with Crippen LogP contribution in [0.2, 0.25) is 0 Å². The lowest BCUT2D eigenvalue weighted by Crippen LogP contribution is -2.59. The Bertz CT molecular complexity index is 770. The highest BCUT2D eigenvalue weighted by Crippen LogP contribution is 2.11. The molecule has 1 aromatic carbocycles. The van der Waals surface area contributed by atoms with Crippen LogP contribution < -0.4 is 10.6 Å². The Hall–Kier alpha value is -2.83. The lowest BCUT2D eigenvalue weighted by molar-refractivity contribution is -0.127. The molecule has 3 amide bonds. The SMILES string of the molecule is CC[C@H]1C(=O)NCCN1C(=O)NCc1cnn(-c2cccc(C)c2)c1. The van der Waals surface area contributed by atoms with E-state index in [9.17, 15) is 9.59 Å². The lowest BCUT2D eigenvalue weighted by Gasteiger charge is -2.34. The van der Waals surface area contributed by atoms with Gasteiger partial charge in [-0.15, -0.1) is 0 Å². The van der Waals surface area contributed by atoms with Gasteiger partial charge in [0.2, 0.25) is 5.91 Å². The quantitative estimate of drug-likeness (QED) is 0.886. The van der Waals surface area contributed by atoms with Crippen molar-refractivity contribution in [2.75, 3.05) is 13.1 Å². The first-order chi connectivity index (χ1) is 12.1. The molecule has 0 saturated carbocycles. The molecule has 1 aliphatic rings. The van der Waals surface area contributed by atoms with Crippen molar-refractivity contribution in [3.8, 4) is 5.69 Å². The standard InChI is InChI=1S/C18H23N5O2/c1-3-16-17(24)19-7-8-22(16)18(25)20-10-14-11-21-23(12-14)15-6-4-5-13(2)9-15/h4-6,9,11-12,16H,3,7-8,10H2,1-2H3,(H,19,24)(H,20,25)/t16-/m0/s1. The molecule has 2 aromatic rings. The molecule has 25 heavy (non-hydrogen) atoms. The Morgan fingerprint density at radius 2 is 2.28 bits per heavy atom. The van der Waals surface area contributed by atoms with Crippen LogP contribution in [0.25, 0.3) is 5.69 Å². The molecule has 1 aromatic heterocycles. The number of carbonyl (C=O) groups is 2.